The molecule has 1 nitrogen and oxygen atoms in total. The molecule has 1 aliphatic carbocycles. The molecule has 0 aliphatic heterocycles. The van der Waals surface area contributed by atoms with Gasteiger partial charge in [-0.3, -0.25) is 4.98 Å². The molecule has 1 aliphatic rings. The second kappa shape index (κ2) is 10.9. The number of pyridine rings is 1. The first-order valence-electron chi connectivity index (χ1n) is 13.1. The van der Waals surface area contributed by atoms with Crippen molar-refractivity contribution in [3.05, 3.63) is 130 Å². The van der Waals surface area contributed by atoms with Gasteiger partial charge in [-0.15, -0.1) is 11.8 Å². The van der Waals surface area contributed by atoms with E-state index in [0.29, 0.717) is 5.92 Å². The van der Waals surface area contributed by atoms with Gasteiger partial charge in [-0.25, -0.2) is 0 Å². The number of rotatable bonds is 7. The van der Waals surface area contributed by atoms with Gasteiger partial charge in [0.1, 0.15) is 0 Å². The first-order valence-corrected chi connectivity index (χ1v) is 14.1. The monoisotopic (exact) mass is 501 g/mol. The quantitative estimate of drug-likeness (QED) is 0.234. The van der Waals surface area contributed by atoms with Crippen LogP contribution >= 0.6 is 11.8 Å². The summed E-state index contributed by atoms with van der Waals surface area (Å²) in [7, 11) is 0. The van der Waals surface area contributed by atoms with Crippen molar-refractivity contribution in [1.82, 2.24) is 4.98 Å². The van der Waals surface area contributed by atoms with E-state index in [2.05, 4.69) is 118 Å². The van der Waals surface area contributed by atoms with E-state index in [0.717, 1.165) is 12.2 Å². The molecule has 0 unspecified atom stereocenters. The summed E-state index contributed by atoms with van der Waals surface area (Å²) in [6, 6.07) is 29.2. The van der Waals surface area contributed by atoms with Crippen molar-refractivity contribution in [2.75, 3.05) is 5.75 Å². The van der Waals surface area contributed by atoms with Gasteiger partial charge in [-0.1, -0.05) is 65.7 Å². The molecule has 1 heterocycles. The zero-order valence-corrected chi connectivity index (χ0v) is 23.3. The Kier molecular flexibility index (Phi) is 7.48. The Labute approximate surface area is 226 Å². The van der Waals surface area contributed by atoms with Crippen molar-refractivity contribution in [2.45, 2.75) is 51.9 Å². The Morgan fingerprint density at radius 3 is 1.86 bits per heavy atom. The molecule has 5 rings (SSSR count). The predicted octanol–water partition coefficient (Wildman–Crippen LogP) is 9.83. The Morgan fingerprint density at radius 1 is 0.649 bits per heavy atom. The minimum Gasteiger partial charge on any atom is -0.265 e. The molecule has 1 aromatic heterocycles. The van der Waals surface area contributed by atoms with Crippen LogP contribution in [0, 0.1) is 6.92 Å². The molecule has 0 fully saturated rings. The van der Waals surface area contributed by atoms with Crippen LogP contribution in [0.5, 0.6) is 0 Å². The van der Waals surface area contributed by atoms with Crippen LogP contribution in [-0.4, -0.2) is 10.7 Å². The number of benzene rings is 3. The van der Waals surface area contributed by atoms with Gasteiger partial charge in [0.15, 0.2) is 0 Å². The van der Waals surface area contributed by atoms with E-state index in [1.807, 2.05) is 24.2 Å². The summed E-state index contributed by atoms with van der Waals surface area (Å²) in [5.74, 6) is 1.50. The molecule has 0 amide bonds. The summed E-state index contributed by atoms with van der Waals surface area (Å²) in [5, 5.41) is 0. The van der Waals surface area contributed by atoms with Gasteiger partial charge in [0, 0.05) is 29.0 Å². The molecule has 0 atom stereocenters. The highest BCUT2D eigenvalue weighted by Crippen LogP contribution is 2.43. The average Bonchev–Trinajstić information content (AvgIpc) is 3.12. The third-order valence-electron chi connectivity index (χ3n) is 7.99. The van der Waals surface area contributed by atoms with E-state index in [4.69, 9.17) is 0 Å². The van der Waals surface area contributed by atoms with Crippen LogP contribution in [0.4, 0.5) is 0 Å². The molecule has 0 bridgehead atoms. The standard InChI is InChI=1S/C35H35NS/c1-23-22-32(29-10-13-33(14-11-29)37-21-18-28-16-19-36-20-17-28)12-15-34(23)30-6-8-31(9-7-30)35-26(4)24(2)25(3)27(35)5/h6-17,19-20,22,35H,18,21H2,1-5H3. The average molecular weight is 502 g/mol. The Bertz CT molecular complexity index is 1430. The van der Waals surface area contributed by atoms with Gasteiger partial charge >= 0.3 is 0 Å². The SMILES string of the molecule is CC1=C(C)C(c2ccc(-c3ccc(-c4ccc(SCCc5ccncc5)cc4)cc3C)cc2)C(C)=C1C. The number of hydrogen-bond acceptors (Lipinski definition) is 2. The minimum absolute atomic E-state index is 0.425. The minimum atomic E-state index is 0.425. The van der Waals surface area contributed by atoms with Crippen LogP contribution in [0.15, 0.2) is 118 Å². The van der Waals surface area contributed by atoms with Crippen LogP contribution in [0.25, 0.3) is 22.3 Å². The molecule has 3 aromatic carbocycles. The zero-order chi connectivity index (χ0) is 25.9. The largest absolute Gasteiger partial charge is 0.265 e. The van der Waals surface area contributed by atoms with E-state index in [1.54, 1.807) is 0 Å². The molecule has 0 saturated heterocycles. The van der Waals surface area contributed by atoms with Gasteiger partial charge in [-0.05, 0) is 115 Å². The molecule has 0 N–H and O–H groups in total. The molecule has 2 heteroatoms. The summed E-state index contributed by atoms with van der Waals surface area (Å²) in [5.41, 5.74) is 15.0. The molecular weight excluding hydrogens is 466 g/mol. The van der Waals surface area contributed by atoms with Crippen LogP contribution in [0.3, 0.4) is 0 Å². The Morgan fingerprint density at radius 2 is 1.24 bits per heavy atom. The molecule has 0 radical (unpaired) electrons. The fraction of sp³-hybridized carbons (Fsp3) is 0.229. The van der Waals surface area contributed by atoms with Gasteiger partial charge in [0.25, 0.3) is 0 Å². The van der Waals surface area contributed by atoms with Crippen LogP contribution < -0.4 is 0 Å². The summed E-state index contributed by atoms with van der Waals surface area (Å²) >= 11 is 1.91. The van der Waals surface area contributed by atoms with Gasteiger partial charge in [-0.2, -0.15) is 0 Å². The molecule has 37 heavy (non-hydrogen) atoms. The highest BCUT2D eigenvalue weighted by Gasteiger charge is 2.25. The summed E-state index contributed by atoms with van der Waals surface area (Å²) in [6.45, 7) is 11.3. The number of nitrogens with zero attached hydrogens (tertiary/aromatic N) is 1. The lowest BCUT2D eigenvalue weighted by Gasteiger charge is -2.17. The van der Waals surface area contributed by atoms with Crippen molar-refractivity contribution in [3.63, 3.8) is 0 Å². The van der Waals surface area contributed by atoms with E-state index >= 15 is 0 Å². The van der Waals surface area contributed by atoms with Crippen molar-refractivity contribution >= 4 is 11.8 Å². The fourth-order valence-electron chi connectivity index (χ4n) is 5.45. The second-order valence-corrected chi connectivity index (χ2v) is 11.3. The van der Waals surface area contributed by atoms with Crippen LogP contribution in [0.2, 0.25) is 0 Å². The van der Waals surface area contributed by atoms with E-state index in [-0.39, 0.29) is 0 Å². The lowest BCUT2D eigenvalue weighted by molar-refractivity contribution is 0.935. The molecule has 186 valence electrons. The number of aryl methyl sites for hydroxylation is 2. The highest BCUT2D eigenvalue weighted by molar-refractivity contribution is 7.99. The highest BCUT2D eigenvalue weighted by atomic mass is 32.2. The lowest BCUT2D eigenvalue weighted by atomic mass is 9.87. The maximum absolute atomic E-state index is 4.10. The fourth-order valence-corrected chi connectivity index (χ4v) is 6.35. The van der Waals surface area contributed by atoms with E-state index in [1.165, 1.54) is 66.1 Å². The maximum atomic E-state index is 4.10. The predicted molar refractivity (Wildman–Crippen MR) is 160 cm³/mol. The van der Waals surface area contributed by atoms with Crippen molar-refractivity contribution in [2.24, 2.45) is 0 Å². The third kappa shape index (κ3) is 5.36. The number of hydrogen-bond donors (Lipinski definition) is 0. The number of aromatic nitrogens is 1. The van der Waals surface area contributed by atoms with Crippen molar-refractivity contribution in [1.29, 1.82) is 0 Å². The summed E-state index contributed by atoms with van der Waals surface area (Å²) < 4.78 is 0. The van der Waals surface area contributed by atoms with Gasteiger partial charge < -0.3 is 0 Å². The molecule has 4 aromatic rings. The lowest BCUT2D eigenvalue weighted by Crippen LogP contribution is -1.99. The van der Waals surface area contributed by atoms with E-state index in [9.17, 15) is 0 Å². The van der Waals surface area contributed by atoms with E-state index < -0.39 is 0 Å². The molecule has 0 saturated carbocycles. The van der Waals surface area contributed by atoms with Gasteiger partial charge in [0.2, 0.25) is 0 Å². The maximum Gasteiger partial charge on any atom is 0.0270 e. The molecule has 0 spiro atoms. The first kappa shape index (κ1) is 25.3. The second-order valence-electron chi connectivity index (χ2n) is 10.2. The summed E-state index contributed by atoms with van der Waals surface area (Å²) in [6.07, 6.45) is 4.79. The normalized spacial score (nSPS) is 14.1. The smallest absolute Gasteiger partial charge is 0.0270 e. The van der Waals surface area contributed by atoms with Crippen molar-refractivity contribution < 1.29 is 0 Å². The van der Waals surface area contributed by atoms with Gasteiger partial charge in [0.05, 0.1) is 0 Å². The van der Waals surface area contributed by atoms with Crippen LogP contribution in [0.1, 0.15) is 50.3 Å². The summed E-state index contributed by atoms with van der Waals surface area (Å²) in [4.78, 5) is 5.41. The number of allylic oxidation sites excluding steroid dienone is 4. The zero-order valence-electron chi connectivity index (χ0n) is 22.5. The van der Waals surface area contributed by atoms with Crippen LogP contribution in [-0.2, 0) is 6.42 Å². The Balaban J connectivity index is 1.27. The number of thioether (sulfide) groups is 1. The topological polar surface area (TPSA) is 12.9 Å². The third-order valence-corrected chi connectivity index (χ3v) is 9.00. The first-order chi connectivity index (χ1) is 17.9. The Hall–Kier alpha value is -3.36. The molecular formula is C35H35NS. The van der Waals surface area contributed by atoms with Crippen molar-refractivity contribution in [3.8, 4) is 22.3 Å².